The van der Waals surface area contributed by atoms with Gasteiger partial charge in [-0.1, -0.05) is 171 Å². The molecule has 1 aliphatic carbocycles. The van der Waals surface area contributed by atoms with Crippen LogP contribution in [0.15, 0.2) is 79.4 Å². The summed E-state index contributed by atoms with van der Waals surface area (Å²) >= 11 is 0. The van der Waals surface area contributed by atoms with Crippen LogP contribution in [0.3, 0.4) is 0 Å². The Morgan fingerprint density at radius 1 is 0.509 bits per heavy atom. The van der Waals surface area contributed by atoms with Gasteiger partial charge in [0, 0.05) is 11.6 Å². The number of aromatic nitrogens is 7. The van der Waals surface area contributed by atoms with Crippen LogP contribution in [0.5, 0.6) is 0 Å². The molecule has 282 valence electrons. The van der Waals surface area contributed by atoms with Gasteiger partial charge in [0.25, 0.3) is 0 Å². The Kier molecular flexibility index (Phi) is 14.8. The van der Waals surface area contributed by atoms with Crippen molar-refractivity contribution in [1.29, 1.82) is 0 Å². The maximum Gasteiger partial charge on any atom is 0.131 e. The minimum absolute atomic E-state index is 0.0675. The molecule has 53 heavy (non-hydrogen) atoms. The standard InChI is InChI=1S/C46H63N7/c1-3-5-7-9-11-13-15-17-19-22-30-46(31-23-20-18-16-14-12-10-8-6-4-2)42-35-38(52-34-33-48-50-52)26-28-40(42)41-29-27-39(36-43(41)46)53-37-45(49-51-53)44-25-21-24-32-47-44/h21,24-29,32-37H,3-20,22-23,30-31H2,1-2H3. The smallest absolute Gasteiger partial charge is 0.131 e. The number of hydrogen-bond donors (Lipinski definition) is 0. The normalized spacial score (nSPS) is 13.0. The van der Waals surface area contributed by atoms with Crippen LogP contribution in [0.25, 0.3) is 33.9 Å². The maximum atomic E-state index is 4.60. The van der Waals surface area contributed by atoms with Gasteiger partial charge >= 0.3 is 0 Å². The van der Waals surface area contributed by atoms with Crippen LogP contribution in [0, 0.1) is 0 Å². The van der Waals surface area contributed by atoms with Gasteiger partial charge in [-0.25, -0.2) is 9.36 Å². The first-order valence-corrected chi connectivity index (χ1v) is 21.2. The molecule has 1 aliphatic rings. The molecule has 0 fully saturated rings. The molecule has 0 spiro atoms. The number of nitrogens with zero attached hydrogens (tertiary/aromatic N) is 7. The zero-order valence-electron chi connectivity index (χ0n) is 32.7. The van der Waals surface area contributed by atoms with E-state index in [1.807, 2.05) is 46.2 Å². The number of hydrogen-bond acceptors (Lipinski definition) is 5. The van der Waals surface area contributed by atoms with Crippen molar-refractivity contribution in [2.45, 2.75) is 161 Å². The lowest BCUT2D eigenvalue weighted by atomic mass is 9.70. The summed E-state index contributed by atoms with van der Waals surface area (Å²) in [5.41, 5.74) is 9.32. The van der Waals surface area contributed by atoms with Crippen molar-refractivity contribution in [2.75, 3.05) is 0 Å². The molecule has 2 aromatic carbocycles. The van der Waals surface area contributed by atoms with E-state index in [-0.39, 0.29) is 5.41 Å². The number of fused-ring (bicyclic) bond motifs is 3. The Bertz CT molecular complexity index is 1750. The van der Waals surface area contributed by atoms with E-state index in [2.05, 4.69) is 75.9 Å². The van der Waals surface area contributed by atoms with Crippen LogP contribution in [0.4, 0.5) is 0 Å². The summed E-state index contributed by atoms with van der Waals surface area (Å²) in [4.78, 5) is 4.52. The maximum absolute atomic E-state index is 4.60. The van der Waals surface area contributed by atoms with Crippen molar-refractivity contribution in [3.05, 3.63) is 90.5 Å². The van der Waals surface area contributed by atoms with Gasteiger partial charge in [0.1, 0.15) is 5.69 Å². The van der Waals surface area contributed by atoms with Crippen molar-refractivity contribution in [3.8, 4) is 33.9 Å². The topological polar surface area (TPSA) is 74.3 Å². The summed E-state index contributed by atoms with van der Waals surface area (Å²) in [5, 5.41) is 17.6. The molecule has 0 aliphatic heterocycles. The van der Waals surface area contributed by atoms with Crippen molar-refractivity contribution >= 4 is 0 Å². The molecule has 0 N–H and O–H groups in total. The van der Waals surface area contributed by atoms with E-state index in [9.17, 15) is 0 Å². The lowest BCUT2D eigenvalue weighted by molar-refractivity contribution is 0.396. The van der Waals surface area contributed by atoms with E-state index in [0.717, 1.165) is 35.6 Å². The van der Waals surface area contributed by atoms with Gasteiger partial charge in [-0.3, -0.25) is 4.98 Å². The first kappa shape index (κ1) is 38.6. The van der Waals surface area contributed by atoms with Crippen LogP contribution in [0.2, 0.25) is 0 Å². The highest BCUT2D eigenvalue weighted by Crippen LogP contribution is 2.55. The largest absolute Gasteiger partial charge is 0.254 e. The van der Waals surface area contributed by atoms with Crippen molar-refractivity contribution in [3.63, 3.8) is 0 Å². The van der Waals surface area contributed by atoms with E-state index in [0.29, 0.717) is 0 Å². The zero-order valence-corrected chi connectivity index (χ0v) is 32.7. The molecule has 0 unspecified atom stereocenters. The second-order valence-corrected chi connectivity index (χ2v) is 15.5. The Balaban J connectivity index is 1.25. The quantitative estimate of drug-likeness (QED) is 0.0563. The number of rotatable bonds is 25. The molecule has 3 heterocycles. The highest BCUT2D eigenvalue weighted by atomic mass is 15.4. The first-order valence-electron chi connectivity index (χ1n) is 21.2. The summed E-state index contributed by atoms with van der Waals surface area (Å²) in [6, 6.07) is 19.8. The molecule has 0 atom stereocenters. The lowest BCUT2D eigenvalue weighted by Crippen LogP contribution is -2.26. The van der Waals surface area contributed by atoms with Gasteiger partial charge in [-0.15, -0.1) is 10.2 Å². The van der Waals surface area contributed by atoms with Crippen LogP contribution in [-0.4, -0.2) is 35.0 Å². The Hall–Kier alpha value is -4.13. The summed E-state index contributed by atoms with van der Waals surface area (Å²) < 4.78 is 3.84. The highest BCUT2D eigenvalue weighted by Gasteiger charge is 2.43. The fourth-order valence-corrected chi connectivity index (χ4v) is 8.62. The molecule has 0 bridgehead atoms. The number of pyridine rings is 1. The van der Waals surface area contributed by atoms with Crippen molar-refractivity contribution < 1.29 is 0 Å². The number of benzene rings is 2. The van der Waals surface area contributed by atoms with E-state index in [1.165, 1.54) is 151 Å². The SMILES string of the molecule is CCCCCCCCCCCCC1(CCCCCCCCCCCC)c2cc(-n3ccnn3)ccc2-c2ccc(-n3cc(-c4ccccn4)nn3)cc21. The summed E-state index contributed by atoms with van der Waals surface area (Å²) in [5.74, 6) is 0. The second kappa shape index (κ2) is 20.4. The van der Waals surface area contributed by atoms with Crippen LogP contribution in [0.1, 0.15) is 166 Å². The molecule has 0 radical (unpaired) electrons. The van der Waals surface area contributed by atoms with E-state index < -0.39 is 0 Å². The third kappa shape index (κ3) is 10.1. The molecule has 7 heteroatoms. The second-order valence-electron chi connectivity index (χ2n) is 15.5. The molecular weight excluding hydrogens is 651 g/mol. The van der Waals surface area contributed by atoms with E-state index >= 15 is 0 Å². The highest BCUT2D eigenvalue weighted by molar-refractivity contribution is 5.83. The van der Waals surface area contributed by atoms with Gasteiger partial charge in [0.05, 0.1) is 35.7 Å². The fraction of sp³-hybridized carbons (Fsp3) is 0.543. The summed E-state index contributed by atoms with van der Waals surface area (Å²) in [6.45, 7) is 4.60. The van der Waals surface area contributed by atoms with Crippen LogP contribution < -0.4 is 0 Å². The molecular formula is C46H63N7. The first-order chi connectivity index (χ1) is 26.2. The van der Waals surface area contributed by atoms with E-state index in [4.69, 9.17) is 0 Å². The van der Waals surface area contributed by atoms with Crippen molar-refractivity contribution in [1.82, 2.24) is 35.0 Å². The third-order valence-electron chi connectivity index (χ3n) is 11.6. The van der Waals surface area contributed by atoms with Gasteiger partial charge in [-0.2, -0.15) is 0 Å². The summed E-state index contributed by atoms with van der Waals surface area (Å²) in [7, 11) is 0. The van der Waals surface area contributed by atoms with Gasteiger partial charge in [0.15, 0.2) is 0 Å². The van der Waals surface area contributed by atoms with Gasteiger partial charge in [-0.05, 0) is 71.5 Å². The fourth-order valence-electron chi connectivity index (χ4n) is 8.62. The Morgan fingerprint density at radius 3 is 1.53 bits per heavy atom. The molecule has 7 nitrogen and oxygen atoms in total. The molecule has 5 aromatic rings. The molecule has 0 saturated heterocycles. The third-order valence-corrected chi connectivity index (χ3v) is 11.6. The lowest BCUT2D eigenvalue weighted by Gasteiger charge is -2.33. The average molecular weight is 714 g/mol. The van der Waals surface area contributed by atoms with Crippen LogP contribution >= 0.6 is 0 Å². The van der Waals surface area contributed by atoms with Crippen molar-refractivity contribution in [2.24, 2.45) is 0 Å². The summed E-state index contributed by atoms with van der Waals surface area (Å²) in [6.07, 6.45) is 36.8. The Morgan fingerprint density at radius 2 is 1.04 bits per heavy atom. The number of unbranched alkanes of at least 4 members (excludes halogenated alkanes) is 18. The monoisotopic (exact) mass is 714 g/mol. The minimum atomic E-state index is -0.0675. The predicted molar refractivity (Wildman–Crippen MR) is 219 cm³/mol. The van der Waals surface area contributed by atoms with Crippen LogP contribution in [-0.2, 0) is 5.41 Å². The zero-order chi connectivity index (χ0) is 36.6. The van der Waals surface area contributed by atoms with E-state index in [1.54, 1.807) is 6.20 Å². The molecule has 0 amide bonds. The predicted octanol–water partition coefficient (Wildman–Crippen LogP) is 12.8. The average Bonchev–Trinajstić information content (AvgIpc) is 3.97. The van der Waals surface area contributed by atoms with Gasteiger partial charge < -0.3 is 0 Å². The molecule has 0 saturated carbocycles. The minimum Gasteiger partial charge on any atom is -0.254 e. The molecule has 3 aromatic heterocycles. The Labute approximate surface area is 319 Å². The molecule has 6 rings (SSSR count). The van der Waals surface area contributed by atoms with Gasteiger partial charge in [0.2, 0.25) is 0 Å².